The van der Waals surface area contributed by atoms with Crippen LogP contribution >= 0.6 is 0 Å². The lowest BCUT2D eigenvalue weighted by Crippen LogP contribution is -2.12. The van der Waals surface area contributed by atoms with Crippen molar-refractivity contribution in [2.45, 2.75) is 6.54 Å². The molecule has 0 fully saturated rings. The van der Waals surface area contributed by atoms with Gasteiger partial charge in [-0.05, 0) is 24.3 Å². The van der Waals surface area contributed by atoms with Gasteiger partial charge in [-0.25, -0.2) is 4.98 Å². The highest BCUT2D eigenvalue weighted by atomic mass is 16.5. The fourth-order valence-electron chi connectivity index (χ4n) is 2.12. The van der Waals surface area contributed by atoms with Gasteiger partial charge in [-0.3, -0.25) is 9.78 Å². The normalized spacial score (nSPS) is 10.7. The van der Waals surface area contributed by atoms with Crippen LogP contribution in [0.4, 0.5) is 0 Å². The number of benzene rings is 1. The number of methoxy groups -OCH3 is 1. The van der Waals surface area contributed by atoms with E-state index in [-0.39, 0.29) is 12.5 Å². The molecule has 0 saturated carbocycles. The van der Waals surface area contributed by atoms with Crippen LogP contribution in [0, 0.1) is 0 Å². The first-order chi connectivity index (χ1) is 9.79. The average Bonchev–Trinajstić information content (AvgIpc) is 2.87. The van der Waals surface area contributed by atoms with E-state index < -0.39 is 0 Å². The molecule has 2 aromatic heterocycles. The zero-order valence-electron chi connectivity index (χ0n) is 11.0. The Morgan fingerprint density at radius 3 is 2.75 bits per heavy atom. The van der Waals surface area contributed by atoms with Crippen molar-refractivity contribution in [1.29, 1.82) is 0 Å². The van der Waals surface area contributed by atoms with Crippen molar-refractivity contribution in [1.82, 2.24) is 14.5 Å². The number of pyridine rings is 1. The smallest absolute Gasteiger partial charge is 0.325 e. The van der Waals surface area contributed by atoms with Gasteiger partial charge in [-0.1, -0.05) is 18.2 Å². The van der Waals surface area contributed by atoms with Gasteiger partial charge >= 0.3 is 5.97 Å². The summed E-state index contributed by atoms with van der Waals surface area (Å²) in [6.45, 7) is 0.114. The second-order valence-electron chi connectivity index (χ2n) is 4.30. The van der Waals surface area contributed by atoms with E-state index in [2.05, 4.69) is 9.97 Å². The highest BCUT2D eigenvalue weighted by Gasteiger charge is 2.15. The zero-order valence-corrected chi connectivity index (χ0v) is 11.0. The summed E-state index contributed by atoms with van der Waals surface area (Å²) in [5.74, 6) is 0.350. The summed E-state index contributed by atoms with van der Waals surface area (Å²) in [5.41, 5.74) is 2.45. The van der Waals surface area contributed by atoms with Gasteiger partial charge in [0.15, 0.2) is 5.82 Å². The minimum absolute atomic E-state index is 0.114. The van der Waals surface area contributed by atoms with E-state index in [1.54, 1.807) is 6.20 Å². The van der Waals surface area contributed by atoms with E-state index in [4.69, 9.17) is 4.74 Å². The van der Waals surface area contributed by atoms with E-state index in [1.165, 1.54) is 7.11 Å². The van der Waals surface area contributed by atoms with Gasteiger partial charge in [0.1, 0.15) is 12.2 Å². The standard InChI is InChI=1S/C15H13N3O2/c1-20-14(19)10-18-13-8-3-2-6-11(13)17-15(18)12-7-4-5-9-16-12/h2-9H,10H2,1H3. The van der Waals surface area contributed by atoms with Crippen LogP contribution < -0.4 is 0 Å². The molecular weight excluding hydrogens is 254 g/mol. The second kappa shape index (κ2) is 5.13. The number of imidazole rings is 1. The third-order valence-corrected chi connectivity index (χ3v) is 3.06. The van der Waals surface area contributed by atoms with Gasteiger partial charge in [0.2, 0.25) is 0 Å². The molecule has 2 heterocycles. The lowest BCUT2D eigenvalue weighted by molar-refractivity contribution is -0.141. The predicted octanol–water partition coefficient (Wildman–Crippen LogP) is 2.27. The van der Waals surface area contributed by atoms with Crippen molar-refractivity contribution in [3.63, 3.8) is 0 Å². The highest BCUT2D eigenvalue weighted by molar-refractivity contribution is 5.82. The topological polar surface area (TPSA) is 57.0 Å². The molecule has 5 nitrogen and oxygen atoms in total. The van der Waals surface area contributed by atoms with Crippen LogP contribution in [0.25, 0.3) is 22.6 Å². The Morgan fingerprint density at radius 2 is 2.00 bits per heavy atom. The van der Waals surface area contributed by atoms with Crippen molar-refractivity contribution < 1.29 is 9.53 Å². The van der Waals surface area contributed by atoms with Gasteiger partial charge in [0.25, 0.3) is 0 Å². The number of ether oxygens (including phenoxy) is 1. The molecule has 0 radical (unpaired) electrons. The number of carbonyl (C=O) groups excluding carboxylic acids is 1. The molecule has 3 aromatic rings. The van der Waals surface area contributed by atoms with Crippen molar-refractivity contribution in [3.05, 3.63) is 48.7 Å². The maximum atomic E-state index is 11.6. The molecule has 0 bridgehead atoms. The third kappa shape index (κ3) is 2.14. The number of carbonyl (C=O) groups is 1. The molecule has 0 aliphatic carbocycles. The summed E-state index contributed by atoms with van der Waals surface area (Å²) >= 11 is 0. The quantitative estimate of drug-likeness (QED) is 0.683. The minimum Gasteiger partial charge on any atom is -0.468 e. The second-order valence-corrected chi connectivity index (χ2v) is 4.30. The zero-order chi connectivity index (χ0) is 13.9. The van der Waals surface area contributed by atoms with Crippen LogP contribution in [0.1, 0.15) is 0 Å². The van der Waals surface area contributed by atoms with Crippen LogP contribution in [0.5, 0.6) is 0 Å². The van der Waals surface area contributed by atoms with Crippen molar-refractivity contribution in [2.75, 3.05) is 7.11 Å². The van der Waals surface area contributed by atoms with E-state index in [1.807, 2.05) is 47.0 Å². The Hall–Kier alpha value is -2.69. The van der Waals surface area contributed by atoms with Gasteiger partial charge < -0.3 is 9.30 Å². The maximum Gasteiger partial charge on any atom is 0.325 e. The van der Waals surface area contributed by atoms with E-state index in [9.17, 15) is 4.79 Å². The fourth-order valence-corrected chi connectivity index (χ4v) is 2.12. The third-order valence-electron chi connectivity index (χ3n) is 3.06. The Kier molecular flexibility index (Phi) is 3.16. The lowest BCUT2D eigenvalue weighted by atomic mass is 10.3. The summed E-state index contributed by atoms with van der Waals surface area (Å²) in [6.07, 6.45) is 1.71. The van der Waals surface area contributed by atoms with Gasteiger partial charge in [-0.2, -0.15) is 0 Å². The molecule has 5 heteroatoms. The lowest BCUT2D eigenvalue weighted by Gasteiger charge is -2.07. The monoisotopic (exact) mass is 267 g/mol. The summed E-state index contributed by atoms with van der Waals surface area (Å²) in [6, 6.07) is 13.3. The molecule has 0 unspecified atom stereocenters. The number of hydrogen-bond acceptors (Lipinski definition) is 4. The van der Waals surface area contributed by atoms with Crippen molar-refractivity contribution in [2.24, 2.45) is 0 Å². The number of rotatable bonds is 3. The Bertz CT molecular complexity index is 750. The van der Waals surface area contributed by atoms with Crippen LogP contribution in [0.15, 0.2) is 48.7 Å². The highest BCUT2D eigenvalue weighted by Crippen LogP contribution is 2.23. The molecule has 0 saturated heterocycles. The number of hydrogen-bond donors (Lipinski definition) is 0. The molecule has 1 aromatic carbocycles. The summed E-state index contributed by atoms with van der Waals surface area (Å²) in [7, 11) is 1.38. The van der Waals surface area contributed by atoms with Crippen LogP contribution in [0.3, 0.4) is 0 Å². The molecule has 3 rings (SSSR count). The molecule has 0 aliphatic rings. The Balaban J connectivity index is 2.20. The molecule has 0 amide bonds. The van der Waals surface area contributed by atoms with Crippen LogP contribution in [-0.2, 0) is 16.1 Å². The van der Waals surface area contributed by atoms with Crippen LogP contribution in [0.2, 0.25) is 0 Å². The number of nitrogens with zero attached hydrogens (tertiary/aromatic N) is 3. The maximum absolute atomic E-state index is 11.6. The number of para-hydroxylation sites is 2. The summed E-state index contributed by atoms with van der Waals surface area (Å²) < 4.78 is 6.58. The first kappa shape index (κ1) is 12.3. The van der Waals surface area contributed by atoms with Gasteiger partial charge in [0, 0.05) is 6.20 Å². The van der Waals surface area contributed by atoms with E-state index in [0.29, 0.717) is 5.82 Å². The molecule has 0 atom stereocenters. The number of esters is 1. The molecule has 0 spiro atoms. The Morgan fingerprint density at radius 1 is 1.20 bits per heavy atom. The SMILES string of the molecule is COC(=O)Cn1c(-c2ccccn2)nc2ccccc21. The molecule has 20 heavy (non-hydrogen) atoms. The van der Waals surface area contributed by atoms with Crippen molar-refractivity contribution >= 4 is 17.0 Å². The number of aromatic nitrogens is 3. The molecule has 100 valence electrons. The summed E-state index contributed by atoms with van der Waals surface area (Å²) in [4.78, 5) is 20.5. The first-order valence-electron chi connectivity index (χ1n) is 6.23. The summed E-state index contributed by atoms with van der Waals surface area (Å²) in [5, 5.41) is 0. The van der Waals surface area contributed by atoms with Gasteiger partial charge in [-0.15, -0.1) is 0 Å². The molecule has 0 aliphatic heterocycles. The van der Waals surface area contributed by atoms with Crippen LogP contribution in [-0.4, -0.2) is 27.6 Å². The van der Waals surface area contributed by atoms with Gasteiger partial charge in [0.05, 0.1) is 18.1 Å². The predicted molar refractivity (Wildman–Crippen MR) is 75.0 cm³/mol. The Labute approximate surface area is 115 Å². The molecular formula is C15H13N3O2. The molecule has 0 N–H and O–H groups in total. The van der Waals surface area contributed by atoms with E-state index >= 15 is 0 Å². The average molecular weight is 267 g/mol. The van der Waals surface area contributed by atoms with E-state index in [0.717, 1.165) is 16.7 Å². The minimum atomic E-state index is -0.315. The van der Waals surface area contributed by atoms with Crippen molar-refractivity contribution in [3.8, 4) is 11.5 Å². The first-order valence-corrected chi connectivity index (χ1v) is 6.23. The fraction of sp³-hybridized carbons (Fsp3) is 0.133. The largest absolute Gasteiger partial charge is 0.468 e. The number of fused-ring (bicyclic) bond motifs is 1.